The van der Waals surface area contributed by atoms with Crippen molar-refractivity contribution in [1.29, 1.82) is 0 Å². The number of hydroxylamine groups is 2. The zero-order chi connectivity index (χ0) is 10.6. The molecular weight excluding hydrogens is 182 g/mol. The van der Waals surface area contributed by atoms with Crippen molar-refractivity contribution in [3.05, 3.63) is 35.5 Å². The first-order valence-electron chi connectivity index (χ1n) is 4.25. The third kappa shape index (κ3) is 2.55. The van der Waals surface area contributed by atoms with Gasteiger partial charge in [-0.05, 0) is 12.1 Å². The normalized spacial score (nSPS) is 14.5. The van der Waals surface area contributed by atoms with E-state index >= 15 is 0 Å². The second-order valence-electron chi connectivity index (χ2n) is 3.17. The summed E-state index contributed by atoms with van der Waals surface area (Å²) in [4.78, 5) is 11.0. The molecule has 1 rings (SSSR count). The van der Waals surface area contributed by atoms with Crippen molar-refractivity contribution in [3.63, 3.8) is 0 Å². The molecule has 1 unspecified atom stereocenters. The number of ether oxygens (including phenoxy) is 1. The first kappa shape index (κ1) is 10.7. The van der Waals surface area contributed by atoms with E-state index in [0.717, 1.165) is 0 Å². The van der Waals surface area contributed by atoms with Crippen LogP contribution in [-0.2, 0) is 9.53 Å². The molecule has 0 spiro atoms. The molecule has 0 bridgehead atoms. The van der Waals surface area contributed by atoms with Gasteiger partial charge >= 0.3 is 5.97 Å². The Hall–Kier alpha value is -1.39. The van der Waals surface area contributed by atoms with Crippen LogP contribution in [0.5, 0.6) is 0 Å². The summed E-state index contributed by atoms with van der Waals surface area (Å²) >= 11 is 0. The number of hydrogen-bond donors (Lipinski definition) is 0. The lowest BCUT2D eigenvalue weighted by Gasteiger charge is -2.36. The summed E-state index contributed by atoms with van der Waals surface area (Å²) in [6, 6.07) is 8.73. The number of carbonyl (C=O) groups is 1. The van der Waals surface area contributed by atoms with Crippen LogP contribution in [0, 0.1) is 5.21 Å². The van der Waals surface area contributed by atoms with Gasteiger partial charge in [-0.2, -0.15) is 0 Å². The van der Waals surface area contributed by atoms with Gasteiger partial charge in [0.2, 0.25) is 0 Å². The van der Waals surface area contributed by atoms with Crippen LogP contribution in [0.3, 0.4) is 0 Å². The Balaban J connectivity index is 2.80. The van der Waals surface area contributed by atoms with E-state index in [1.807, 2.05) is 6.07 Å². The number of likely N-dealkylation sites (N-methyl/N-ethyl adjacent to an activating group) is 1. The molecule has 76 valence electrons. The molecule has 4 nitrogen and oxygen atoms in total. The minimum atomic E-state index is -0.743. The Kier molecular flexibility index (Phi) is 3.22. The van der Waals surface area contributed by atoms with Gasteiger partial charge in [0.05, 0.1) is 14.2 Å². The number of para-hydroxylation sites is 1. The Morgan fingerprint density at radius 3 is 2.50 bits per heavy atom. The lowest BCUT2D eigenvalue weighted by Crippen LogP contribution is -2.43. The summed E-state index contributed by atoms with van der Waals surface area (Å²) in [5.41, 5.74) is 0.540. The van der Waals surface area contributed by atoms with Gasteiger partial charge < -0.3 is 14.6 Å². The fourth-order valence-corrected chi connectivity index (χ4v) is 1.15. The highest BCUT2D eigenvalue weighted by Gasteiger charge is 2.18. The smallest absolute Gasteiger partial charge is 0.362 e. The maximum Gasteiger partial charge on any atom is 0.362 e. The van der Waals surface area contributed by atoms with Crippen molar-refractivity contribution in [3.8, 4) is 0 Å². The number of esters is 1. The number of rotatable bonds is 3. The van der Waals surface area contributed by atoms with Gasteiger partial charge in [0.15, 0.2) is 6.54 Å². The molecule has 0 fully saturated rings. The van der Waals surface area contributed by atoms with Crippen molar-refractivity contribution in [2.45, 2.75) is 0 Å². The highest BCUT2D eigenvalue weighted by molar-refractivity contribution is 5.74. The number of hydrogen-bond acceptors (Lipinski definition) is 3. The average molecular weight is 195 g/mol. The minimum absolute atomic E-state index is 0.208. The maximum atomic E-state index is 11.9. The second-order valence-corrected chi connectivity index (χ2v) is 3.17. The molecule has 4 heteroatoms. The largest absolute Gasteiger partial charge is 0.627 e. The van der Waals surface area contributed by atoms with Gasteiger partial charge in [-0.1, -0.05) is 18.2 Å². The van der Waals surface area contributed by atoms with Crippen molar-refractivity contribution in [2.75, 3.05) is 20.7 Å². The number of nitrogens with zero attached hydrogens (tertiary/aromatic N) is 1. The van der Waals surface area contributed by atoms with Crippen molar-refractivity contribution in [2.24, 2.45) is 0 Å². The van der Waals surface area contributed by atoms with Gasteiger partial charge in [0.1, 0.15) is 5.69 Å². The highest BCUT2D eigenvalue weighted by atomic mass is 16.6. The molecule has 0 N–H and O–H groups in total. The molecule has 14 heavy (non-hydrogen) atoms. The zero-order valence-electron chi connectivity index (χ0n) is 8.27. The third-order valence-corrected chi connectivity index (χ3v) is 1.96. The summed E-state index contributed by atoms with van der Waals surface area (Å²) < 4.78 is 3.71. The van der Waals surface area contributed by atoms with Crippen LogP contribution < -0.4 is 4.65 Å². The van der Waals surface area contributed by atoms with Crippen LogP contribution in [-0.4, -0.2) is 26.7 Å². The summed E-state index contributed by atoms with van der Waals surface area (Å²) in [6.45, 7) is -0.208. The van der Waals surface area contributed by atoms with E-state index in [4.69, 9.17) is 0 Å². The van der Waals surface area contributed by atoms with E-state index in [9.17, 15) is 10.0 Å². The summed E-state index contributed by atoms with van der Waals surface area (Å²) in [5, 5.41) is 11.9. The number of benzene rings is 1. The Labute approximate surface area is 82.9 Å². The van der Waals surface area contributed by atoms with Gasteiger partial charge in [0, 0.05) is 0 Å². The van der Waals surface area contributed by atoms with Gasteiger partial charge in [-0.3, -0.25) is 0 Å². The molecular formula is C10H13NO3. The van der Waals surface area contributed by atoms with E-state index in [2.05, 4.69) is 4.74 Å². The Morgan fingerprint density at radius 1 is 1.43 bits per heavy atom. The molecule has 0 aliphatic rings. The number of methoxy groups -OCH3 is 1. The van der Waals surface area contributed by atoms with Crippen molar-refractivity contribution >= 4 is 11.7 Å². The molecule has 0 radical (unpaired) electrons. The first-order chi connectivity index (χ1) is 6.56. The maximum absolute atomic E-state index is 11.9. The van der Waals surface area contributed by atoms with Gasteiger partial charge in [-0.25, -0.2) is 4.79 Å². The fraction of sp³-hybridized carbons (Fsp3) is 0.300. The SMILES string of the molecule is COC(=O)C[N+](C)([O-])c1ccccc1. The Morgan fingerprint density at radius 2 is 2.00 bits per heavy atom. The molecule has 0 saturated carbocycles. The molecule has 0 heterocycles. The minimum Gasteiger partial charge on any atom is -0.627 e. The number of quaternary nitrogens is 1. The second kappa shape index (κ2) is 4.21. The first-order valence-corrected chi connectivity index (χ1v) is 4.25. The standard InChI is InChI=1S/C10H13NO3/c1-11(13,8-10(12)14-2)9-6-4-3-5-7-9/h3-7H,8H2,1-2H3. The quantitative estimate of drug-likeness (QED) is 0.415. The highest BCUT2D eigenvalue weighted by Crippen LogP contribution is 2.18. The molecule has 1 aromatic rings. The molecule has 0 aliphatic heterocycles. The fourth-order valence-electron chi connectivity index (χ4n) is 1.15. The molecule has 0 aliphatic carbocycles. The molecule has 0 saturated heterocycles. The van der Waals surface area contributed by atoms with Crippen LogP contribution >= 0.6 is 0 Å². The van der Waals surface area contributed by atoms with Crippen molar-refractivity contribution < 1.29 is 9.53 Å². The summed E-state index contributed by atoms with van der Waals surface area (Å²) in [5.74, 6) is -0.508. The Bertz CT molecular complexity index is 308. The average Bonchev–Trinajstić information content (AvgIpc) is 2.18. The van der Waals surface area contributed by atoms with Gasteiger partial charge in [-0.15, -0.1) is 0 Å². The third-order valence-electron chi connectivity index (χ3n) is 1.96. The van der Waals surface area contributed by atoms with Crippen LogP contribution in [0.25, 0.3) is 0 Å². The molecule has 1 aromatic carbocycles. The number of carbonyl (C=O) groups excluding carboxylic acids is 1. The zero-order valence-corrected chi connectivity index (χ0v) is 8.27. The van der Waals surface area contributed by atoms with Crippen LogP contribution in [0.2, 0.25) is 0 Å². The van der Waals surface area contributed by atoms with E-state index < -0.39 is 10.6 Å². The molecule has 0 amide bonds. The van der Waals surface area contributed by atoms with E-state index in [-0.39, 0.29) is 6.54 Å². The van der Waals surface area contributed by atoms with E-state index in [1.54, 1.807) is 24.3 Å². The summed E-state index contributed by atoms with van der Waals surface area (Å²) in [6.07, 6.45) is 0. The van der Waals surface area contributed by atoms with Gasteiger partial charge in [0.25, 0.3) is 0 Å². The van der Waals surface area contributed by atoms with Crippen LogP contribution in [0.4, 0.5) is 5.69 Å². The lowest BCUT2D eigenvalue weighted by molar-refractivity contribution is -0.140. The van der Waals surface area contributed by atoms with Crippen LogP contribution in [0.1, 0.15) is 0 Å². The summed E-state index contributed by atoms with van der Waals surface area (Å²) in [7, 11) is 2.69. The predicted octanol–water partition coefficient (Wildman–Crippen LogP) is 1.29. The van der Waals surface area contributed by atoms with E-state index in [1.165, 1.54) is 14.2 Å². The molecule has 0 aromatic heterocycles. The monoisotopic (exact) mass is 195 g/mol. The predicted molar refractivity (Wildman–Crippen MR) is 54.4 cm³/mol. The topological polar surface area (TPSA) is 49.4 Å². The van der Waals surface area contributed by atoms with Crippen molar-refractivity contribution in [1.82, 2.24) is 4.65 Å². The van der Waals surface area contributed by atoms with E-state index in [0.29, 0.717) is 5.69 Å². The lowest BCUT2D eigenvalue weighted by atomic mass is 10.3. The van der Waals surface area contributed by atoms with Crippen LogP contribution in [0.15, 0.2) is 30.3 Å². The molecule has 1 atom stereocenters.